The Morgan fingerprint density at radius 2 is 2.26 bits per heavy atom. The predicted molar refractivity (Wildman–Crippen MR) is 86.5 cm³/mol. The van der Waals surface area contributed by atoms with Gasteiger partial charge in [0.05, 0.1) is 19.1 Å². The van der Waals surface area contributed by atoms with E-state index in [1.54, 1.807) is 18.7 Å². The van der Waals surface area contributed by atoms with Crippen molar-refractivity contribution in [1.82, 2.24) is 24.5 Å². The molecule has 0 unspecified atom stereocenters. The van der Waals surface area contributed by atoms with E-state index in [2.05, 4.69) is 31.8 Å². The highest BCUT2D eigenvalue weighted by molar-refractivity contribution is 5.83. The van der Waals surface area contributed by atoms with Crippen molar-refractivity contribution in [3.05, 3.63) is 37.2 Å². The van der Waals surface area contributed by atoms with Crippen molar-refractivity contribution in [2.75, 3.05) is 18.0 Å². The topological polar surface area (TPSA) is 69.0 Å². The lowest BCUT2D eigenvalue weighted by molar-refractivity contribution is 0.224. The number of hydrogen-bond acceptors (Lipinski definition) is 6. The highest BCUT2D eigenvalue weighted by Gasteiger charge is 2.27. The summed E-state index contributed by atoms with van der Waals surface area (Å²) >= 11 is 0. The van der Waals surface area contributed by atoms with Crippen molar-refractivity contribution >= 4 is 17.0 Å². The molecule has 0 aliphatic carbocycles. The summed E-state index contributed by atoms with van der Waals surface area (Å²) in [5, 5.41) is 0. The third kappa shape index (κ3) is 2.58. The molecule has 0 radical (unpaired) electrons. The van der Waals surface area contributed by atoms with Crippen LogP contribution >= 0.6 is 0 Å². The maximum Gasteiger partial charge on any atom is 0.165 e. The van der Waals surface area contributed by atoms with Gasteiger partial charge in [0.25, 0.3) is 0 Å². The molecular weight excluding hydrogens is 292 g/mol. The van der Waals surface area contributed by atoms with E-state index in [9.17, 15) is 0 Å². The molecule has 1 fully saturated rings. The van der Waals surface area contributed by atoms with Crippen molar-refractivity contribution in [3.8, 4) is 5.75 Å². The van der Waals surface area contributed by atoms with Gasteiger partial charge in [0, 0.05) is 25.7 Å². The van der Waals surface area contributed by atoms with E-state index in [4.69, 9.17) is 4.74 Å². The molecule has 3 aromatic heterocycles. The summed E-state index contributed by atoms with van der Waals surface area (Å²) in [7, 11) is 0. The Bertz CT molecular complexity index is 803. The van der Waals surface area contributed by atoms with E-state index < -0.39 is 0 Å². The number of hydrogen-bond donors (Lipinski definition) is 0. The molecule has 4 heterocycles. The number of aromatic nitrogens is 5. The minimum atomic E-state index is 0.137. The molecule has 0 amide bonds. The lowest BCUT2D eigenvalue weighted by atomic mass is 10.3. The van der Waals surface area contributed by atoms with E-state index in [0.717, 1.165) is 48.8 Å². The molecule has 4 rings (SSSR count). The Labute approximate surface area is 134 Å². The molecule has 7 nitrogen and oxygen atoms in total. The van der Waals surface area contributed by atoms with Crippen molar-refractivity contribution in [1.29, 1.82) is 0 Å². The molecule has 0 aromatic carbocycles. The number of anilines is 1. The lowest BCUT2D eigenvalue weighted by Gasteiger charge is -2.18. The zero-order chi connectivity index (χ0) is 15.6. The number of aryl methyl sites for hydroxylation is 1. The molecule has 0 spiro atoms. The van der Waals surface area contributed by atoms with Gasteiger partial charge < -0.3 is 14.2 Å². The molecule has 1 aliphatic heterocycles. The van der Waals surface area contributed by atoms with Crippen LogP contribution in [-0.4, -0.2) is 43.7 Å². The van der Waals surface area contributed by atoms with Gasteiger partial charge >= 0.3 is 0 Å². The zero-order valence-electron chi connectivity index (χ0n) is 13.0. The minimum absolute atomic E-state index is 0.137. The van der Waals surface area contributed by atoms with E-state index >= 15 is 0 Å². The Kier molecular flexibility index (Phi) is 3.53. The summed E-state index contributed by atoms with van der Waals surface area (Å²) in [6.07, 6.45) is 8.01. The maximum atomic E-state index is 5.99. The summed E-state index contributed by atoms with van der Waals surface area (Å²) in [5.74, 6) is 1.70. The number of rotatable bonds is 4. The van der Waals surface area contributed by atoms with Gasteiger partial charge in [-0.3, -0.25) is 4.98 Å². The second-order valence-electron chi connectivity index (χ2n) is 5.56. The van der Waals surface area contributed by atoms with Crippen molar-refractivity contribution in [2.24, 2.45) is 0 Å². The molecule has 1 saturated heterocycles. The molecule has 0 bridgehead atoms. The number of ether oxygens (including phenoxy) is 1. The van der Waals surface area contributed by atoms with E-state index in [1.807, 2.05) is 23.0 Å². The minimum Gasteiger partial charge on any atom is -0.487 e. The second-order valence-corrected chi connectivity index (χ2v) is 5.56. The van der Waals surface area contributed by atoms with Crippen LogP contribution in [0.1, 0.15) is 13.3 Å². The molecule has 118 valence electrons. The molecule has 0 N–H and O–H groups in total. The molecule has 1 aliphatic rings. The van der Waals surface area contributed by atoms with Gasteiger partial charge in [-0.1, -0.05) is 0 Å². The first kappa shape index (κ1) is 13.9. The van der Waals surface area contributed by atoms with Gasteiger partial charge in [-0.2, -0.15) is 0 Å². The Hall–Kier alpha value is -2.70. The zero-order valence-corrected chi connectivity index (χ0v) is 13.0. The quantitative estimate of drug-likeness (QED) is 0.733. The monoisotopic (exact) mass is 310 g/mol. The van der Waals surface area contributed by atoms with Crippen molar-refractivity contribution in [3.63, 3.8) is 0 Å². The fourth-order valence-electron chi connectivity index (χ4n) is 2.96. The fourth-order valence-corrected chi connectivity index (χ4v) is 2.96. The molecule has 0 saturated carbocycles. The van der Waals surface area contributed by atoms with Crippen LogP contribution in [0.15, 0.2) is 37.2 Å². The van der Waals surface area contributed by atoms with E-state index in [-0.39, 0.29) is 6.10 Å². The van der Waals surface area contributed by atoms with Gasteiger partial charge in [-0.15, -0.1) is 0 Å². The first-order chi connectivity index (χ1) is 11.3. The molecule has 1 atom stereocenters. The van der Waals surface area contributed by atoms with E-state index in [0.29, 0.717) is 0 Å². The van der Waals surface area contributed by atoms with Crippen LogP contribution < -0.4 is 9.64 Å². The number of imidazole rings is 1. The maximum absolute atomic E-state index is 5.99. The second kappa shape index (κ2) is 5.83. The van der Waals surface area contributed by atoms with Crippen LogP contribution in [0.5, 0.6) is 5.75 Å². The Morgan fingerprint density at radius 3 is 3.09 bits per heavy atom. The SMILES string of the molecule is CCn1cnc2c(N3CC[C@H](Oc4cccnc4)C3)ncnc21. The Morgan fingerprint density at radius 1 is 1.30 bits per heavy atom. The number of nitrogens with zero attached hydrogens (tertiary/aromatic N) is 6. The first-order valence-electron chi connectivity index (χ1n) is 7.82. The summed E-state index contributed by atoms with van der Waals surface area (Å²) in [5.41, 5.74) is 1.74. The molecule has 3 aromatic rings. The number of fused-ring (bicyclic) bond motifs is 1. The smallest absolute Gasteiger partial charge is 0.165 e. The van der Waals surface area contributed by atoms with Crippen molar-refractivity contribution in [2.45, 2.75) is 26.0 Å². The van der Waals surface area contributed by atoms with Crippen LogP contribution in [0.3, 0.4) is 0 Å². The summed E-state index contributed by atoms with van der Waals surface area (Å²) < 4.78 is 8.02. The summed E-state index contributed by atoms with van der Waals surface area (Å²) in [6.45, 7) is 4.62. The van der Waals surface area contributed by atoms with Crippen molar-refractivity contribution < 1.29 is 4.74 Å². The predicted octanol–water partition coefficient (Wildman–Crippen LogP) is 1.90. The van der Waals surface area contributed by atoms with Crippen LogP contribution in [-0.2, 0) is 6.54 Å². The van der Waals surface area contributed by atoms with Crippen LogP contribution in [0.2, 0.25) is 0 Å². The molecule has 7 heteroatoms. The summed E-state index contributed by atoms with van der Waals surface area (Å²) in [6, 6.07) is 3.81. The average Bonchev–Trinajstić information content (AvgIpc) is 3.22. The largest absolute Gasteiger partial charge is 0.487 e. The Balaban J connectivity index is 1.55. The molecule has 23 heavy (non-hydrogen) atoms. The average molecular weight is 310 g/mol. The van der Waals surface area contributed by atoms with E-state index in [1.165, 1.54) is 0 Å². The third-order valence-electron chi connectivity index (χ3n) is 4.10. The molecular formula is C16H18N6O. The summed E-state index contributed by atoms with van der Waals surface area (Å²) in [4.78, 5) is 19.6. The van der Waals surface area contributed by atoms with Gasteiger partial charge in [0.15, 0.2) is 17.0 Å². The van der Waals surface area contributed by atoms with Crippen LogP contribution in [0.4, 0.5) is 5.82 Å². The van der Waals surface area contributed by atoms with Gasteiger partial charge in [-0.25, -0.2) is 15.0 Å². The standard InChI is InChI=1S/C16H18N6O/c1-2-21-11-20-14-15(21)18-10-19-16(14)22-7-5-13(9-22)23-12-4-3-6-17-8-12/h3-4,6,8,10-11,13H,2,5,7,9H2,1H3/t13-/m0/s1. The first-order valence-corrected chi connectivity index (χ1v) is 7.82. The fraction of sp³-hybridized carbons (Fsp3) is 0.375. The highest BCUT2D eigenvalue weighted by atomic mass is 16.5. The highest BCUT2D eigenvalue weighted by Crippen LogP contribution is 2.26. The lowest BCUT2D eigenvalue weighted by Crippen LogP contribution is -2.25. The normalized spacial score (nSPS) is 17.8. The number of pyridine rings is 1. The van der Waals surface area contributed by atoms with Gasteiger partial charge in [0.2, 0.25) is 0 Å². The van der Waals surface area contributed by atoms with Crippen LogP contribution in [0, 0.1) is 0 Å². The van der Waals surface area contributed by atoms with Crippen LogP contribution in [0.25, 0.3) is 11.2 Å². The third-order valence-corrected chi connectivity index (χ3v) is 4.10. The van der Waals surface area contributed by atoms with Gasteiger partial charge in [0.1, 0.15) is 18.2 Å². The van der Waals surface area contributed by atoms with Gasteiger partial charge in [-0.05, 0) is 19.1 Å².